The summed E-state index contributed by atoms with van der Waals surface area (Å²) in [6.45, 7) is 2.47. The highest BCUT2D eigenvalue weighted by Crippen LogP contribution is 2.04. The molecule has 0 N–H and O–H groups in total. The molecule has 1 aromatic carbocycles. The number of nitrogens with zero attached hydrogens (tertiary/aromatic N) is 1. The third kappa shape index (κ3) is 4.63. The zero-order valence-corrected chi connectivity index (χ0v) is 9.57. The number of hydrogen-bond acceptors (Lipinski definition) is 1. The minimum Gasteiger partial charge on any atom is -0.346 e. The van der Waals surface area contributed by atoms with Gasteiger partial charge in [-0.25, -0.2) is 0 Å². The Morgan fingerprint density at radius 1 is 1.20 bits per heavy atom. The minimum absolute atomic E-state index is 0.148. The Labute approximate surface area is 91.9 Å². The first-order valence-corrected chi connectivity index (χ1v) is 5.46. The first-order valence-electron chi connectivity index (χ1n) is 5.46. The van der Waals surface area contributed by atoms with Crippen LogP contribution >= 0.6 is 0 Å². The maximum atomic E-state index is 10.9. The first kappa shape index (κ1) is 11.8. The molecule has 0 unspecified atom stereocenters. The van der Waals surface area contributed by atoms with Crippen LogP contribution in [-0.2, 0) is 11.2 Å². The van der Waals surface area contributed by atoms with Crippen LogP contribution in [0.15, 0.2) is 30.3 Å². The maximum Gasteiger partial charge on any atom is 0.219 e. The zero-order valence-electron chi connectivity index (χ0n) is 9.57. The Balaban J connectivity index is 2.15. The van der Waals surface area contributed by atoms with Gasteiger partial charge in [-0.1, -0.05) is 30.3 Å². The molecule has 0 heterocycles. The summed E-state index contributed by atoms with van der Waals surface area (Å²) in [6.07, 6.45) is 3.32. The Kier molecular flexibility index (Phi) is 4.88. The van der Waals surface area contributed by atoms with Crippen molar-refractivity contribution in [3.8, 4) is 0 Å². The average Bonchev–Trinajstić information content (AvgIpc) is 2.25. The topological polar surface area (TPSA) is 20.3 Å². The van der Waals surface area contributed by atoms with E-state index in [9.17, 15) is 4.79 Å². The lowest BCUT2D eigenvalue weighted by Gasteiger charge is -2.13. The van der Waals surface area contributed by atoms with E-state index in [0.29, 0.717) is 0 Å². The number of rotatable bonds is 5. The number of amides is 1. The van der Waals surface area contributed by atoms with Gasteiger partial charge in [-0.05, 0) is 24.8 Å². The zero-order chi connectivity index (χ0) is 11.1. The van der Waals surface area contributed by atoms with Gasteiger partial charge in [0.1, 0.15) is 0 Å². The van der Waals surface area contributed by atoms with Gasteiger partial charge in [-0.3, -0.25) is 4.79 Å². The number of carbonyl (C=O) groups is 1. The van der Waals surface area contributed by atoms with E-state index in [4.69, 9.17) is 0 Å². The summed E-state index contributed by atoms with van der Waals surface area (Å²) in [7, 11) is 1.85. The van der Waals surface area contributed by atoms with Gasteiger partial charge in [0, 0.05) is 20.5 Å². The van der Waals surface area contributed by atoms with E-state index < -0.39 is 0 Å². The van der Waals surface area contributed by atoms with Crippen molar-refractivity contribution in [2.45, 2.75) is 26.2 Å². The summed E-state index contributed by atoms with van der Waals surface area (Å²) in [5.41, 5.74) is 1.38. The van der Waals surface area contributed by atoms with Crippen LogP contribution in [0.2, 0.25) is 0 Å². The molecule has 0 aliphatic heterocycles. The molecule has 1 aromatic rings. The van der Waals surface area contributed by atoms with Gasteiger partial charge in [0.05, 0.1) is 0 Å². The molecule has 0 spiro atoms. The van der Waals surface area contributed by atoms with Crippen LogP contribution in [0.25, 0.3) is 0 Å². The molecule has 0 aliphatic rings. The number of benzene rings is 1. The average molecular weight is 205 g/mol. The largest absolute Gasteiger partial charge is 0.346 e. The van der Waals surface area contributed by atoms with Crippen molar-refractivity contribution in [2.24, 2.45) is 0 Å². The highest BCUT2D eigenvalue weighted by Gasteiger charge is 2.00. The molecule has 2 heteroatoms. The van der Waals surface area contributed by atoms with Crippen LogP contribution in [-0.4, -0.2) is 24.4 Å². The molecule has 0 bridgehead atoms. The van der Waals surface area contributed by atoms with Crippen molar-refractivity contribution in [1.29, 1.82) is 0 Å². The lowest BCUT2D eigenvalue weighted by atomic mass is 10.1. The molecule has 0 atom stereocenters. The van der Waals surface area contributed by atoms with Gasteiger partial charge in [-0.15, -0.1) is 0 Å². The summed E-state index contributed by atoms with van der Waals surface area (Å²) in [5.74, 6) is 0.148. The molecule has 1 amide bonds. The van der Waals surface area contributed by atoms with Crippen molar-refractivity contribution >= 4 is 5.91 Å². The molecule has 0 aliphatic carbocycles. The van der Waals surface area contributed by atoms with Crippen molar-refractivity contribution in [1.82, 2.24) is 4.90 Å². The molecule has 0 saturated heterocycles. The van der Waals surface area contributed by atoms with Crippen LogP contribution < -0.4 is 0 Å². The van der Waals surface area contributed by atoms with Crippen LogP contribution in [0.4, 0.5) is 0 Å². The second-order valence-corrected chi connectivity index (χ2v) is 3.88. The summed E-state index contributed by atoms with van der Waals surface area (Å²) >= 11 is 0. The maximum absolute atomic E-state index is 10.9. The summed E-state index contributed by atoms with van der Waals surface area (Å²) in [6, 6.07) is 10.5. The highest BCUT2D eigenvalue weighted by molar-refractivity contribution is 5.72. The molecular formula is C13H19NO. The monoisotopic (exact) mass is 205 g/mol. The van der Waals surface area contributed by atoms with Gasteiger partial charge < -0.3 is 4.90 Å². The van der Waals surface area contributed by atoms with Crippen LogP contribution in [0, 0.1) is 0 Å². The Morgan fingerprint density at radius 3 is 2.47 bits per heavy atom. The summed E-state index contributed by atoms with van der Waals surface area (Å²) in [5, 5.41) is 0. The number of carbonyl (C=O) groups excluding carboxylic acids is 1. The number of unbranched alkanes of at least 4 members (excludes halogenated alkanes) is 1. The van der Waals surface area contributed by atoms with E-state index in [1.54, 1.807) is 11.8 Å². The predicted molar refractivity (Wildman–Crippen MR) is 62.7 cm³/mol. The third-order valence-corrected chi connectivity index (χ3v) is 2.59. The first-order chi connectivity index (χ1) is 7.20. The number of hydrogen-bond donors (Lipinski definition) is 0. The Morgan fingerprint density at radius 2 is 1.87 bits per heavy atom. The Hall–Kier alpha value is -1.31. The highest BCUT2D eigenvalue weighted by atomic mass is 16.2. The van der Waals surface area contributed by atoms with E-state index >= 15 is 0 Å². The third-order valence-electron chi connectivity index (χ3n) is 2.59. The summed E-state index contributed by atoms with van der Waals surface area (Å²) < 4.78 is 0. The van der Waals surface area contributed by atoms with E-state index in [-0.39, 0.29) is 5.91 Å². The van der Waals surface area contributed by atoms with Gasteiger partial charge in [0.2, 0.25) is 5.91 Å². The number of aryl methyl sites for hydroxylation is 1. The van der Waals surface area contributed by atoms with Gasteiger partial charge in [0.15, 0.2) is 0 Å². The Bertz CT molecular complexity index is 295. The van der Waals surface area contributed by atoms with Crippen molar-refractivity contribution < 1.29 is 4.79 Å². The smallest absolute Gasteiger partial charge is 0.219 e. The van der Waals surface area contributed by atoms with Crippen molar-refractivity contribution in [3.63, 3.8) is 0 Å². The molecule has 1 rings (SSSR count). The predicted octanol–water partition coefficient (Wildman–Crippen LogP) is 2.49. The van der Waals surface area contributed by atoms with Gasteiger partial charge >= 0.3 is 0 Å². The van der Waals surface area contributed by atoms with Crippen LogP contribution in [0.1, 0.15) is 25.3 Å². The lowest BCUT2D eigenvalue weighted by Crippen LogP contribution is -2.24. The molecule has 2 nitrogen and oxygen atoms in total. The van der Waals surface area contributed by atoms with E-state index in [1.807, 2.05) is 13.1 Å². The molecule has 0 saturated carbocycles. The van der Waals surface area contributed by atoms with Gasteiger partial charge in [0.25, 0.3) is 0 Å². The normalized spacial score (nSPS) is 10.0. The van der Waals surface area contributed by atoms with E-state index in [0.717, 1.165) is 25.8 Å². The molecule has 15 heavy (non-hydrogen) atoms. The minimum atomic E-state index is 0.148. The molecule has 0 radical (unpaired) electrons. The fourth-order valence-electron chi connectivity index (χ4n) is 1.48. The molecule has 0 fully saturated rings. The summed E-state index contributed by atoms with van der Waals surface area (Å²) in [4.78, 5) is 12.7. The van der Waals surface area contributed by atoms with Gasteiger partial charge in [-0.2, -0.15) is 0 Å². The lowest BCUT2D eigenvalue weighted by molar-refractivity contribution is -0.127. The quantitative estimate of drug-likeness (QED) is 0.676. The second-order valence-electron chi connectivity index (χ2n) is 3.88. The van der Waals surface area contributed by atoms with E-state index in [1.165, 1.54) is 5.56 Å². The van der Waals surface area contributed by atoms with Crippen LogP contribution in [0.5, 0.6) is 0 Å². The second kappa shape index (κ2) is 6.23. The molecule has 0 aromatic heterocycles. The van der Waals surface area contributed by atoms with Crippen molar-refractivity contribution in [2.75, 3.05) is 13.6 Å². The fraction of sp³-hybridized carbons (Fsp3) is 0.462. The fourth-order valence-corrected chi connectivity index (χ4v) is 1.48. The van der Waals surface area contributed by atoms with Crippen molar-refractivity contribution in [3.05, 3.63) is 35.9 Å². The van der Waals surface area contributed by atoms with Crippen LogP contribution in [0.3, 0.4) is 0 Å². The molecule has 82 valence electrons. The van der Waals surface area contributed by atoms with E-state index in [2.05, 4.69) is 24.3 Å². The SMILES string of the molecule is CC(=O)N(C)CCCCc1ccccc1. The molecular weight excluding hydrogens is 186 g/mol. The standard InChI is InChI=1S/C13H19NO/c1-12(15)14(2)11-7-6-10-13-8-4-3-5-9-13/h3-5,8-9H,6-7,10-11H2,1-2H3.